The van der Waals surface area contributed by atoms with Crippen molar-refractivity contribution in [1.29, 1.82) is 0 Å². The lowest BCUT2D eigenvalue weighted by Crippen LogP contribution is -2.13. The molecule has 0 aromatic carbocycles. The summed E-state index contributed by atoms with van der Waals surface area (Å²) in [7, 11) is 1.06. The van der Waals surface area contributed by atoms with Crippen LogP contribution in [0.15, 0.2) is 6.20 Å². The minimum absolute atomic E-state index is 0.292. The number of carbonyl (C=O) groups excluding carboxylic acids is 1. The molecule has 0 amide bonds. The number of hydrogen-bond donors (Lipinski definition) is 2. The van der Waals surface area contributed by atoms with Gasteiger partial charge in [0.05, 0.1) is 24.6 Å². The summed E-state index contributed by atoms with van der Waals surface area (Å²) in [5.74, 6) is -1.31. The van der Waals surface area contributed by atoms with Gasteiger partial charge < -0.3 is 16.2 Å². The van der Waals surface area contributed by atoms with E-state index >= 15 is 0 Å². The molecule has 0 aliphatic rings. The molecular weight excluding hydrogens is 208 g/mol. The van der Waals surface area contributed by atoms with Gasteiger partial charge in [-0.25, -0.2) is 18.6 Å². The number of nitrogens with zero attached hydrogens (tertiary/aromatic N) is 1. The molecule has 0 bridgehead atoms. The van der Waals surface area contributed by atoms with Crippen LogP contribution in [0, 0.1) is 0 Å². The number of nitrogens with two attached hydrogens (primary N) is 2. The lowest BCUT2D eigenvalue weighted by molar-refractivity contribution is 0.0590. The van der Waals surface area contributed by atoms with E-state index in [4.69, 9.17) is 11.5 Å². The van der Waals surface area contributed by atoms with Crippen molar-refractivity contribution >= 4 is 17.5 Å². The molecule has 0 saturated heterocycles. The minimum atomic E-state index is -2.91. The first kappa shape index (κ1) is 11.2. The van der Waals surface area contributed by atoms with Crippen molar-refractivity contribution in [2.24, 2.45) is 0 Å². The zero-order valence-electron chi connectivity index (χ0n) is 7.83. The number of methoxy groups -OCH3 is 1. The van der Waals surface area contributed by atoms with Gasteiger partial charge in [0.2, 0.25) is 0 Å². The predicted octanol–water partition coefficient (Wildman–Crippen LogP) is 0.970. The summed E-state index contributed by atoms with van der Waals surface area (Å²) in [4.78, 5) is 14.7. The summed E-state index contributed by atoms with van der Waals surface area (Å²) < 4.78 is 29.5. The van der Waals surface area contributed by atoms with Crippen LogP contribution in [0.4, 0.5) is 20.3 Å². The fraction of sp³-hybridized carbons (Fsp3) is 0.250. The normalized spacial score (nSPS) is 10.4. The molecule has 0 saturated carbocycles. The van der Waals surface area contributed by atoms with Gasteiger partial charge in [0.15, 0.2) is 0 Å². The molecule has 0 aliphatic carbocycles. The Balaban J connectivity index is 3.45. The van der Waals surface area contributed by atoms with Crippen molar-refractivity contribution in [3.8, 4) is 0 Å². The largest absolute Gasteiger partial charge is 0.465 e. The molecule has 4 N–H and O–H groups in total. The van der Waals surface area contributed by atoms with Crippen LogP contribution in [0.5, 0.6) is 0 Å². The highest BCUT2D eigenvalue weighted by Crippen LogP contribution is 2.31. The number of esters is 1. The standard InChI is InChI=1S/C8H9F2N3O2/c1-15-8(14)5-4(6(9)10)3(11)2-13-7(5)12/h2,6H,11H2,1H3,(H2,12,13). The number of pyridine rings is 1. The van der Waals surface area contributed by atoms with Crippen molar-refractivity contribution in [3.63, 3.8) is 0 Å². The Morgan fingerprint density at radius 3 is 2.60 bits per heavy atom. The molecule has 1 rings (SSSR count). The van der Waals surface area contributed by atoms with Crippen LogP contribution in [0.25, 0.3) is 0 Å². The van der Waals surface area contributed by atoms with Crippen LogP contribution in [-0.2, 0) is 4.74 Å². The van der Waals surface area contributed by atoms with Gasteiger partial charge in [-0.2, -0.15) is 0 Å². The first-order valence-electron chi connectivity index (χ1n) is 3.89. The Kier molecular flexibility index (Phi) is 3.03. The Bertz CT molecular complexity index is 396. The van der Waals surface area contributed by atoms with Crippen molar-refractivity contribution in [2.45, 2.75) is 6.43 Å². The second-order valence-corrected chi connectivity index (χ2v) is 2.68. The zero-order valence-corrected chi connectivity index (χ0v) is 7.83. The average Bonchev–Trinajstić information content (AvgIpc) is 2.19. The number of anilines is 2. The van der Waals surface area contributed by atoms with Crippen LogP contribution in [0.1, 0.15) is 22.3 Å². The second-order valence-electron chi connectivity index (χ2n) is 2.68. The van der Waals surface area contributed by atoms with Gasteiger partial charge in [-0.3, -0.25) is 0 Å². The summed E-state index contributed by atoms with van der Waals surface area (Å²) in [5.41, 5.74) is 9.17. The molecule has 0 unspecified atom stereocenters. The molecule has 1 heterocycles. The molecule has 7 heteroatoms. The zero-order chi connectivity index (χ0) is 11.6. The fourth-order valence-electron chi connectivity index (χ4n) is 1.11. The summed E-state index contributed by atoms with van der Waals surface area (Å²) in [6.45, 7) is 0. The molecule has 1 aromatic heterocycles. The lowest BCUT2D eigenvalue weighted by Gasteiger charge is -2.11. The Morgan fingerprint density at radius 1 is 1.53 bits per heavy atom. The van der Waals surface area contributed by atoms with E-state index in [1.54, 1.807) is 0 Å². The number of aromatic nitrogens is 1. The smallest absolute Gasteiger partial charge is 0.342 e. The Morgan fingerprint density at radius 2 is 2.13 bits per heavy atom. The molecule has 0 atom stereocenters. The fourth-order valence-corrected chi connectivity index (χ4v) is 1.11. The van der Waals surface area contributed by atoms with Crippen LogP contribution in [0.2, 0.25) is 0 Å². The summed E-state index contributed by atoms with van der Waals surface area (Å²) in [6.07, 6.45) is -1.94. The van der Waals surface area contributed by atoms with E-state index < -0.39 is 23.5 Å². The molecule has 82 valence electrons. The SMILES string of the molecule is COC(=O)c1c(N)ncc(N)c1C(F)F. The lowest BCUT2D eigenvalue weighted by atomic mass is 10.1. The third-order valence-electron chi connectivity index (χ3n) is 1.79. The molecule has 5 nitrogen and oxygen atoms in total. The van der Waals surface area contributed by atoms with Gasteiger partial charge in [0.1, 0.15) is 11.4 Å². The van der Waals surface area contributed by atoms with Gasteiger partial charge in [0.25, 0.3) is 6.43 Å². The van der Waals surface area contributed by atoms with E-state index in [9.17, 15) is 13.6 Å². The summed E-state index contributed by atoms with van der Waals surface area (Å²) in [5, 5.41) is 0. The molecule has 15 heavy (non-hydrogen) atoms. The third kappa shape index (κ3) is 1.95. The number of carbonyl (C=O) groups is 1. The predicted molar refractivity (Wildman–Crippen MR) is 49.4 cm³/mol. The second kappa shape index (κ2) is 4.07. The van der Waals surface area contributed by atoms with Crippen LogP contribution < -0.4 is 11.5 Å². The quantitative estimate of drug-likeness (QED) is 0.720. The molecular formula is C8H9F2N3O2. The van der Waals surface area contributed by atoms with Crippen molar-refractivity contribution in [3.05, 3.63) is 17.3 Å². The van der Waals surface area contributed by atoms with E-state index in [-0.39, 0.29) is 11.5 Å². The number of nitrogen functional groups attached to an aromatic ring is 2. The number of halogens is 2. The van der Waals surface area contributed by atoms with Gasteiger partial charge >= 0.3 is 5.97 Å². The minimum Gasteiger partial charge on any atom is -0.465 e. The van der Waals surface area contributed by atoms with Gasteiger partial charge in [-0.15, -0.1) is 0 Å². The first-order valence-corrected chi connectivity index (χ1v) is 3.89. The highest BCUT2D eigenvalue weighted by atomic mass is 19.3. The maximum atomic E-state index is 12.6. The van der Waals surface area contributed by atoms with Gasteiger partial charge in [-0.1, -0.05) is 0 Å². The van der Waals surface area contributed by atoms with E-state index in [0.29, 0.717) is 0 Å². The van der Waals surface area contributed by atoms with E-state index in [0.717, 1.165) is 13.3 Å². The third-order valence-corrected chi connectivity index (χ3v) is 1.79. The van der Waals surface area contributed by atoms with Crippen molar-refractivity contribution < 1.29 is 18.3 Å². The van der Waals surface area contributed by atoms with E-state index in [1.807, 2.05) is 0 Å². The van der Waals surface area contributed by atoms with Crippen molar-refractivity contribution in [1.82, 2.24) is 4.98 Å². The molecule has 0 aliphatic heterocycles. The van der Waals surface area contributed by atoms with Gasteiger partial charge in [-0.05, 0) is 0 Å². The maximum Gasteiger partial charge on any atom is 0.342 e. The van der Waals surface area contributed by atoms with Gasteiger partial charge in [0, 0.05) is 0 Å². The monoisotopic (exact) mass is 217 g/mol. The van der Waals surface area contributed by atoms with E-state index in [2.05, 4.69) is 9.72 Å². The Labute approximate surface area is 84.0 Å². The summed E-state index contributed by atoms with van der Waals surface area (Å²) in [6, 6.07) is 0. The molecule has 0 spiro atoms. The maximum absolute atomic E-state index is 12.6. The van der Waals surface area contributed by atoms with Crippen LogP contribution >= 0.6 is 0 Å². The Hall–Kier alpha value is -1.92. The number of ether oxygens (including phenoxy) is 1. The van der Waals surface area contributed by atoms with Crippen LogP contribution in [0.3, 0.4) is 0 Å². The topological polar surface area (TPSA) is 91.2 Å². The first-order chi connectivity index (χ1) is 6.99. The average molecular weight is 217 g/mol. The molecule has 0 fully saturated rings. The van der Waals surface area contributed by atoms with Crippen molar-refractivity contribution in [2.75, 3.05) is 18.6 Å². The number of rotatable bonds is 2. The highest BCUT2D eigenvalue weighted by Gasteiger charge is 2.25. The van der Waals surface area contributed by atoms with E-state index in [1.165, 1.54) is 0 Å². The molecule has 1 aromatic rings. The number of alkyl halides is 2. The highest BCUT2D eigenvalue weighted by molar-refractivity contribution is 5.97. The van der Waals surface area contributed by atoms with Crippen LogP contribution in [-0.4, -0.2) is 18.1 Å². The molecule has 0 radical (unpaired) electrons. The summed E-state index contributed by atoms with van der Waals surface area (Å²) >= 11 is 0. The number of hydrogen-bond acceptors (Lipinski definition) is 5.